The maximum atomic E-state index is 5.85. The first-order chi connectivity index (χ1) is 13.3. The van der Waals surface area contributed by atoms with Gasteiger partial charge in [0.2, 0.25) is 0 Å². The van der Waals surface area contributed by atoms with E-state index in [0.717, 1.165) is 65.9 Å². The van der Waals surface area contributed by atoms with E-state index in [4.69, 9.17) is 20.4 Å². The van der Waals surface area contributed by atoms with E-state index in [9.17, 15) is 0 Å². The zero-order valence-corrected chi connectivity index (χ0v) is 16.6. The Labute approximate surface area is 165 Å². The molecule has 27 heavy (non-hydrogen) atoms. The van der Waals surface area contributed by atoms with E-state index >= 15 is 0 Å². The SMILES string of the molecule is Nc1ccc(-c2nc(CSC3CCCCC3)cc(N3CCOCC3)n2)cc1. The predicted octanol–water partition coefficient (Wildman–Crippen LogP) is 4.13. The molecule has 1 aromatic carbocycles. The molecule has 2 aliphatic rings. The van der Waals surface area contributed by atoms with Gasteiger partial charge in [0.15, 0.2) is 5.82 Å². The number of benzene rings is 1. The van der Waals surface area contributed by atoms with Gasteiger partial charge in [-0.3, -0.25) is 0 Å². The highest BCUT2D eigenvalue weighted by molar-refractivity contribution is 7.99. The first-order valence-corrected chi connectivity index (χ1v) is 11.0. The van der Waals surface area contributed by atoms with Crippen molar-refractivity contribution in [3.63, 3.8) is 0 Å². The highest BCUT2D eigenvalue weighted by Crippen LogP contribution is 2.31. The zero-order chi connectivity index (χ0) is 18.5. The summed E-state index contributed by atoms with van der Waals surface area (Å²) in [5.41, 5.74) is 8.74. The average Bonchev–Trinajstić information content (AvgIpc) is 2.74. The summed E-state index contributed by atoms with van der Waals surface area (Å²) in [6, 6.07) is 10.0. The minimum absolute atomic E-state index is 0.757. The number of hydrogen-bond acceptors (Lipinski definition) is 6. The summed E-state index contributed by atoms with van der Waals surface area (Å²) in [6.07, 6.45) is 6.83. The summed E-state index contributed by atoms with van der Waals surface area (Å²) >= 11 is 2.06. The molecule has 0 atom stereocenters. The Hall–Kier alpha value is -1.79. The summed E-state index contributed by atoms with van der Waals surface area (Å²) in [4.78, 5) is 12.0. The van der Waals surface area contributed by atoms with Gasteiger partial charge in [-0.25, -0.2) is 9.97 Å². The Morgan fingerprint density at radius 2 is 1.78 bits per heavy atom. The lowest BCUT2D eigenvalue weighted by Crippen LogP contribution is -2.37. The van der Waals surface area contributed by atoms with Crippen LogP contribution >= 0.6 is 11.8 Å². The second-order valence-corrected chi connectivity index (χ2v) is 8.62. The number of nitrogens with zero attached hydrogens (tertiary/aromatic N) is 3. The number of anilines is 2. The van der Waals surface area contributed by atoms with Gasteiger partial charge in [0.1, 0.15) is 5.82 Å². The molecule has 1 aliphatic heterocycles. The molecule has 144 valence electrons. The van der Waals surface area contributed by atoms with Gasteiger partial charge in [0, 0.05) is 41.4 Å². The van der Waals surface area contributed by atoms with Crippen molar-refractivity contribution < 1.29 is 4.74 Å². The van der Waals surface area contributed by atoms with Crippen molar-refractivity contribution in [1.29, 1.82) is 0 Å². The van der Waals surface area contributed by atoms with Crippen LogP contribution in [0.4, 0.5) is 11.5 Å². The molecule has 2 fully saturated rings. The van der Waals surface area contributed by atoms with Crippen LogP contribution in [0.2, 0.25) is 0 Å². The Morgan fingerprint density at radius 1 is 1.04 bits per heavy atom. The molecule has 2 aromatic rings. The van der Waals surface area contributed by atoms with Crippen molar-refractivity contribution >= 4 is 23.3 Å². The molecule has 0 amide bonds. The third-order valence-electron chi connectivity index (χ3n) is 5.29. The maximum absolute atomic E-state index is 5.85. The molecule has 1 aromatic heterocycles. The number of hydrogen-bond donors (Lipinski definition) is 1. The van der Waals surface area contributed by atoms with Crippen molar-refractivity contribution in [2.24, 2.45) is 0 Å². The molecule has 5 nitrogen and oxygen atoms in total. The molecule has 1 saturated carbocycles. The van der Waals surface area contributed by atoms with E-state index in [1.54, 1.807) is 0 Å². The molecule has 4 rings (SSSR count). The van der Waals surface area contributed by atoms with Gasteiger partial charge < -0.3 is 15.4 Å². The quantitative estimate of drug-likeness (QED) is 0.782. The molecule has 2 N–H and O–H groups in total. The molecule has 0 bridgehead atoms. The number of rotatable bonds is 5. The Morgan fingerprint density at radius 3 is 2.52 bits per heavy atom. The highest BCUT2D eigenvalue weighted by Gasteiger charge is 2.18. The lowest BCUT2D eigenvalue weighted by atomic mass is 10.0. The van der Waals surface area contributed by atoms with Crippen LogP contribution in [0.3, 0.4) is 0 Å². The second-order valence-electron chi connectivity index (χ2n) is 7.33. The van der Waals surface area contributed by atoms with Crippen molar-refractivity contribution in [1.82, 2.24) is 9.97 Å². The van der Waals surface area contributed by atoms with E-state index in [0.29, 0.717) is 0 Å². The van der Waals surface area contributed by atoms with Crippen LogP contribution in [-0.2, 0) is 10.5 Å². The molecular formula is C21H28N4OS. The van der Waals surface area contributed by atoms with Gasteiger partial charge in [0.05, 0.1) is 18.9 Å². The molecular weight excluding hydrogens is 356 g/mol. The number of nitrogens with two attached hydrogens (primary N) is 1. The normalized spacial score (nSPS) is 18.6. The summed E-state index contributed by atoms with van der Waals surface area (Å²) in [6.45, 7) is 3.28. The van der Waals surface area contributed by atoms with Gasteiger partial charge in [-0.1, -0.05) is 19.3 Å². The van der Waals surface area contributed by atoms with Crippen LogP contribution < -0.4 is 10.6 Å². The standard InChI is InChI=1S/C21H28N4OS/c22-17-8-6-16(7-9-17)21-23-18(15-27-19-4-2-1-3-5-19)14-20(24-21)25-10-12-26-13-11-25/h6-9,14,19H,1-5,10-13,15,22H2. The van der Waals surface area contributed by atoms with Crippen molar-refractivity contribution in [2.75, 3.05) is 36.9 Å². The van der Waals surface area contributed by atoms with E-state index in [1.165, 1.54) is 32.1 Å². The summed E-state index contributed by atoms with van der Waals surface area (Å²) in [5.74, 6) is 2.75. The van der Waals surface area contributed by atoms with Crippen LogP contribution in [-0.4, -0.2) is 41.5 Å². The van der Waals surface area contributed by atoms with Gasteiger partial charge in [-0.2, -0.15) is 11.8 Å². The van der Waals surface area contributed by atoms with Crippen LogP contribution in [0.25, 0.3) is 11.4 Å². The van der Waals surface area contributed by atoms with Crippen molar-refractivity contribution in [3.8, 4) is 11.4 Å². The van der Waals surface area contributed by atoms with Crippen LogP contribution in [0.15, 0.2) is 30.3 Å². The van der Waals surface area contributed by atoms with E-state index in [2.05, 4.69) is 22.7 Å². The molecule has 6 heteroatoms. The molecule has 2 heterocycles. The van der Waals surface area contributed by atoms with Gasteiger partial charge in [-0.05, 0) is 37.1 Å². The largest absolute Gasteiger partial charge is 0.399 e. The fraction of sp³-hybridized carbons (Fsp3) is 0.524. The van der Waals surface area contributed by atoms with Crippen molar-refractivity contribution in [2.45, 2.75) is 43.1 Å². The highest BCUT2D eigenvalue weighted by atomic mass is 32.2. The number of ether oxygens (including phenoxy) is 1. The van der Waals surface area contributed by atoms with Gasteiger partial charge in [-0.15, -0.1) is 0 Å². The topological polar surface area (TPSA) is 64.3 Å². The van der Waals surface area contributed by atoms with Crippen LogP contribution in [0.5, 0.6) is 0 Å². The number of thioether (sulfide) groups is 1. The molecule has 0 radical (unpaired) electrons. The summed E-state index contributed by atoms with van der Waals surface area (Å²) in [5, 5.41) is 0.778. The lowest BCUT2D eigenvalue weighted by Gasteiger charge is -2.28. The molecule has 0 unspecified atom stereocenters. The molecule has 1 saturated heterocycles. The number of nitrogen functional groups attached to an aromatic ring is 1. The van der Waals surface area contributed by atoms with E-state index in [-0.39, 0.29) is 0 Å². The third-order valence-corrected chi connectivity index (χ3v) is 6.69. The first kappa shape index (κ1) is 18.6. The minimum Gasteiger partial charge on any atom is -0.399 e. The maximum Gasteiger partial charge on any atom is 0.161 e. The van der Waals surface area contributed by atoms with Crippen molar-refractivity contribution in [3.05, 3.63) is 36.0 Å². The van der Waals surface area contributed by atoms with E-state index < -0.39 is 0 Å². The Kier molecular flexibility index (Phi) is 6.14. The Bertz CT molecular complexity index is 740. The monoisotopic (exact) mass is 384 g/mol. The van der Waals surface area contributed by atoms with Crippen LogP contribution in [0, 0.1) is 0 Å². The van der Waals surface area contributed by atoms with Gasteiger partial charge >= 0.3 is 0 Å². The minimum atomic E-state index is 0.757. The van der Waals surface area contributed by atoms with Crippen LogP contribution in [0.1, 0.15) is 37.8 Å². The first-order valence-electron chi connectivity index (χ1n) is 9.96. The number of morpholine rings is 1. The Balaban J connectivity index is 1.58. The predicted molar refractivity (Wildman–Crippen MR) is 113 cm³/mol. The smallest absolute Gasteiger partial charge is 0.161 e. The second kappa shape index (κ2) is 8.93. The third kappa shape index (κ3) is 4.93. The van der Waals surface area contributed by atoms with E-state index in [1.807, 2.05) is 24.3 Å². The fourth-order valence-corrected chi connectivity index (χ4v) is 4.93. The van der Waals surface area contributed by atoms with Gasteiger partial charge in [0.25, 0.3) is 0 Å². The molecule has 1 aliphatic carbocycles. The fourth-order valence-electron chi connectivity index (χ4n) is 3.71. The average molecular weight is 385 g/mol. The zero-order valence-electron chi connectivity index (χ0n) is 15.8. The number of aromatic nitrogens is 2. The summed E-state index contributed by atoms with van der Waals surface area (Å²) in [7, 11) is 0. The lowest BCUT2D eigenvalue weighted by molar-refractivity contribution is 0.122. The molecule has 0 spiro atoms. The summed E-state index contributed by atoms with van der Waals surface area (Å²) < 4.78 is 5.50.